The molecular formula is C25H28N2O5. The van der Waals surface area contributed by atoms with Crippen molar-refractivity contribution in [1.82, 2.24) is 9.80 Å². The fourth-order valence-electron chi connectivity index (χ4n) is 3.79. The number of likely N-dealkylation sites (N-methyl/N-ethyl adjacent to an activating group) is 1. The lowest BCUT2D eigenvalue weighted by Gasteiger charge is -2.26. The molecule has 1 unspecified atom stereocenters. The van der Waals surface area contributed by atoms with Crippen LogP contribution in [0.25, 0.3) is 5.76 Å². The van der Waals surface area contributed by atoms with E-state index in [1.54, 1.807) is 30.3 Å². The molecule has 1 saturated heterocycles. The molecule has 168 valence electrons. The summed E-state index contributed by atoms with van der Waals surface area (Å²) in [6.45, 7) is 5.93. The van der Waals surface area contributed by atoms with E-state index in [2.05, 4.69) is 0 Å². The number of ketones is 1. The normalized spacial score (nSPS) is 17.8. The highest BCUT2D eigenvalue weighted by molar-refractivity contribution is 6.46. The standard InChI is InChI=1S/C25H28N2O5/c1-15-6-7-16(2)20(14-15)23(29)21-22(18-8-10-19(11-9-18)32-17(3)28)27(13-12-26(4)5)25(31)24(21)30/h6-11,14,22,29H,12-13H2,1-5H3/b23-21+. The molecule has 0 bridgehead atoms. The lowest BCUT2D eigenvalue weighted by molar-refractivity contribution is -0.140. The molecule has 32 heavy (non-hydrogen) atoms. The monoisotopic (exact) mass is 436 g/mol. The molecule has 0 spiro atoms. The third-order valence-corrected chi connectivity index (χ3v) is 5.43. The van der Waals surface area contributed by atoms with E-state index < -0.39 is 23.7 Å². The number of Topliss-reactive ketones (excluding diaryl/α,β-unsaturated/α-hetero) is 1. The van der Waals surface area contributed by atoms with Crippen molar-refractivity contribution in [2.24, 2.45) is 0 Å². The van der Waals surface area contributed by atoms with Crippen LogP contribution in [0.4, 0.5) is 0 Å². The van der Waals surface area contributed by atoms with Gasteiger partial charge in [0.05, 0.1) is 11.6 Å². The number of likely N-dealkylation sites (tertiary alicyclic amines) is 1. The second kappa shape index (κ2) is 9.36. The third-order valence-electron chi connectivity index (χ3n) is 5.43. The minimum Gasteiger partial charge on any atom is -0.507 e. The zero-order chi connectivity index (χ0) is 23.6. The number of benzene rings is 2. The number of hydrogen-bond acceptors (Lipinski definition) is 6. The molecule has 2 aromatic rings. The quantitative estimate of drug-likeness (QED) is 0.246. The Labute approximate surface area is 187 Å². The highest BCUT2D eigenvalue weighted by atomic mass is 16.5. The van der Waals surface area contributed by atoms with E-state index >= 15 is 0 Å². The van der Waals surface area contributed by atoms with Gasteiger partial charge in [-0.05, 0) is 57.3 Å². The average molecular weight is 437 g/mol. The molecule has 1 heterocycles. The Bertz CT molecular complexity index is 1090. The Morgan fingerprint density at radius 3 is 2.34 bits per heavy atom. The van der Waals surface area contributed by atoms with Crippen LogP contribution >= 0.6 is 0 Å². The predicted molar refractivity (Wildman–Crippen MR) is 121 cm³/mol. The predicted octanol–water partition coefficient (Wildman–Crippen LogP) is 3.21. The largest absolute Gasteiger partial charge is 0.507 e. The van der Waals surface area contributed by atoms with Crippen molar-refractivity contribution in [3.05, 3.63) is 70.3 Å². The number of aliphatic hydroxyl groups is 1. The summed E-state index contributed by atoms with van der Waals surface area (Å²) in [5.74, 6) is -1.62. The average Bonchev–Trinajstić information content (AvgIpc) is 2.98. The number of aryl methyl sites for hydroxylation is 2. The number of nitrogens with zero attached hydrogens (tertiary/aromatic N) is 2. The summed E-state index contributed by atoms with van der Waals surface area (Å²) in [4.78, 5) is 40.7. The summed E-state index contributed by atoms with van der Waals surface area (Å²) < 4.78 is 5.10. The minimum atomic E-state index is -0.749. The van der Waals surface area contributed by atoms with Gasteiger partial charge in [0.25, 0.3) is 11.7 Å². The van der Waals surface area contributed by atoms with Crippen LogP contribution in [-0.2, 0) is 14.4 Å². The Balaban J connectivity index is 2.15. The van der Waals surface area contributed by atoms with Gasteiger partial charge >= 0.3 is 5.97 Å². The molecule has 7 heteroatoms. The first-order valence-electron chi connectivity index (χ1n) is 10.4. The second-order valence-electron chi connectivity index (χ2n) is 8.28. The van der Waals surface area contributed by atoms with E-state index in [0.29, 0.717) is 30.0 Å². The summed E-state index contributed by atoms with van der Waals surface area (Å²) in [5.41, 5.74) is 2.96. The van der Waals surface area contributed by atoms with Gasteiger partial charge in [0.15, 0.2) is 0 Å². The first-order chi connectivity index (χ1) is 15.1. The molecule has 1 atom stereocenters. The van der Waals surface area contributed by atoms with Crippen LogP contribution < -0.4 is 4.74 Å². The van der Waals surface area contributed by atoms with Gasteiger partial charge in [-0.1, -0.05) is 29.8 Å². The Hall–Kier alpha value is -3.45. The Morgan fingerprint density at radius 1 is 1.09 bits per heavy atom. The summed E-state index contributed by atoms with van der Waals surface area (Å²) in [6.07, 6.45) is 0. The van der Waals surface area contributed by atoms with Crippen LogP contribution in [0.15, 0.2) is 48.0 Å². The third kappa shape index (κ3) is 4.73. The first kappa shape index (κ1) is 23.2. The summed E-state index contributed by atoms with van der Waals surface area (Å²) >= 11 is 0. The second-order valence-corrected chi connectivity index (χ2v) is 8.28. The van der Waals surface area contributed by atoms with Gasteiger partial charge in [0.2, 0.25) is 0 Å². The zero-order valence-corrected chi connectivity index (χ0v) is 19.0. The van der Waals surface area contributed by atoms with Crippen molar-refractivity contribution in [3.8, 4) is 5.75 Å². The van der Waals surface area contributed by atoms with E-state index in [-0.39, 0.29) is 11.3 Å². The molecule has 1 amide bonds. The van der Waals surface area contributed by atoms with Crippen molar-refractivity contribution >= 4 is 23.4 Å². The lowest BCUT2D eigenvalue weighted by atomic mass is 9.93. The van der Waals surface area contributed by atoms with E-state index in [4.69, 9.17) is 4.74 Å². The molecule has 0 aromatic heterocycles. The van der Waals surface area contributed by atoms with E-state index in [1.807, 2.05) is 45.0 Å². The van der Waals surface area contributed by atoms with Crippen molar-refractivity contribution in [2.45, 2.75) is 26.8 Å². The molecule has 0 radical (unpaired) electrons. The molecular weight excluding hydrogens is 408 g/mol. The number of rotatable bonds is 6. The van der Waals surface area contributed by atoms with Crippen molar-refractivity contribution in [1.29, 1.82) is 0 Å². The summed E-state index contributed by atoms with van der Waals surface area (Å²) in [5, 5.41) is 11.2. The molecule has 0 saturated carbocycles. The highest BCUT2D eigenvalue weighted by Gasteiger charge is 2.46. The Kier molecular flexibility index (Phi) is 6.79. The van der Waals surface area contributed by atoms with E-state index in [0.717, 1.165) is 11.1 Å². The fraction of sp³-hybridized carbons (Fsp3) is 0.320. The number of ether oxygens (including phenoxy) is 1. The first-order valence-corrected chi connectivity index (χ1v) is 10.4. The topological polar surface area (TPSA) is 87.1 Å². The maximum absolute atomic E-state index is 13.1. The lowest BCUT2D eigenvalue weighted by Crippen LogP contribution is -2.35. The Morgan fingerprint density at radius 2 is 1.75 bits per heavy atom. The molecule has 1 aliphatic heterocycles. The van der Waals surface area contributed by atoms with Crippen LogP contribution in [0.2, 0.25) is 0 Å². The maximum Gasteiger partial charge on any atom is 0.308 e. The fourth-order valence-corrected chi connectivity index (χ4v) is 3.79. The van der Waals surface area contributed by atoms with Gasteiger partial charge in [0, 0.05) is 25.6 Å². The van der Waals surface area contributed by atoms with Gasteiger partial charge < -0.3 is 19.6 Å². The zero-order valence-electron chi connectivity index (χ0n) is 19.0. The molecule has 7 nitrogen and oxygen atoms in total. The number of aliphatic hydroxyl groups excluding tert-OH is 1. The SMILES string of the molecule is CC(=O)Oc1ccc(C2/C(=C(\O)c3cc(C)ccc3C)C(=O)C(=O)N2CCN(C)C)cc1. The molecule has 1 N–H and O–H groups in total. The number of hydrogen-bond donors (Lipinski definition) is 1. The number of carbonyl (C=O) groups is 3. The minimum absolute atomic E-state index is 0.0580. The highest BCUT2D eigenvalue weighted by Crippen LogP contribution is 2.40. The molecule has 1 fully saturated rings. The van der Waals surface area contributed by atoms with Gasteiger partial charge in [0.1, 0.15) is 11.5 Å². The smallest absolute Gasteiger partial charge is 0.308 e. The number of carbonyl (C=O) groups excluding carboxylic acids is 3. The van der Waals surface area contributed by atoms with E-state index in [9.17, 15) is 19.5 Å². The van der Waals surface area contributed by atoms with Crippen molar-refractivity contribution in [2.75, 3.05) is 27.2 Å². The van der Waals surface area contributed by atoms with Gasteiger partial charge in [-0.25, -0.2) is 0 Å². The van der Waals surface area contributed by atoms with Crippen molar-refractivity contribution < 1.29 is 24.2 Å². The van der Waals surface area contributed by atoms with Gasteiger partial charge in [-0.3, -0.25) is 14.4 Å². The van der Waals surface area contributed by atoms with Crippen LogP contribution in [-0.4, -0.2) is 59.8 Å². The summed E-state index contributed by atoms with van der Waals surface area (Å²) in [6, 6.07) is 11.5. The maximum atomic E-state index is 13.1. The molecule has 1 aliphatic rings. The van der Waals surface area contributed by atoms with Gasteiger partial charge in [-0.15, -0.1) is 0 Å². The van der Waals surface area contributed by atoms with Crippen LogP contribution in [0.1, 0.15) is 35.2 Å². The van der Waals surface area contributed by atoms with Gasteiger partial charge in [-0.2, -0.15) is 0 Å². The van der Waals surface area contributed by atoms with Crippen LogP contribution in [0, 0.1) is 13.8 Å². The number of esters is 1. The summed E-state index contributed by atoms with van der Waals surface area (Å²) in [7, 11) is 3.77. The van der Waals surface area contributed by atoms with Crippen molar-refractivity contribution in [3.63, 3.8) is 0 Å². The molecule has 3 rings (SSSR count). The molecule has 0 aliphatic carbocycles. The van der Waals surface area contributed by atoms with Crippen LogP contribution in [0.3, 0.4) is 0 Å². The number of amides is 1. The van der Waals surface area contributed by atoms with Crippen LogP contribution in [0.5, 0.6) is 5.75 Å². The molecule has 2 aromatic carbocycles. The van der Waals surface area contributed by atoms with E-state index in [1.165, 1.54) is 11.8 Å².